The predicted octanol–water partition coefficient (Wildman–Crippen LogP) is 2.44. The van der Waals surface area contributed by atoms with Crippen LogP contribution in [-0.2, 0) is 0 Å². The normalized spacial score (nSPS) is 18.7. The van der Waals surface area contributed by atoms with Crippen molar-refractivity contribution in [1.29, 1.82) is 0 Å². The van der Waals surface area contributed by atoms with Crippen molar-refractivity contribution in [3.05, 3.63) is 34.3 Å². The number of hydrogen-bond donors (Lipinski definition) is 1. The van der Waals surface area contributed by atoms with E-state index in [1.54, 1.807) is 0 Å². The lowest BCUT2D eigenvalue weighted by atomic mass is 9.98. The molecule has 84 valence electrons. The van der Waals surface area contributed by atoms with E-state index in [9.17, 15) is 0 Å². The van der Waals surface area contributed by atoms with Crippen molar-refractivity contribution in [2.45, 2.75) is 19.4 Å². The second kappa shape index (κ2) is 5.10. The molecule has 0 saturated carbocycles. The smallest absolute Gasteiger partial charge is 0.0872 e. The number of likely N-dealkylation sites (tertiary alicyclic amines) is 1. The molecule has 0 unspecified atom stereocenters. The number of aliphatic hydroxyl groups is 1. The van der Waals surface area contributed by atoms with Gasteiger partial charge in [-0.3, -0.25) is 0 Å². The van der Waals surface area contributed by atoms with E-state index in [1.807, 2.05) is 26.1 Å². The van der Waals surface area contributed by atoms with Crippen LogP contribution >= 0.6 is 15.9 Å². The molecule has 1 aromatic rings. The fourth-order valence-corrected chi connectivity index (χ4v) is 1.91. The molecule has 1 aliphatic rings. The predicted molar refractivity (Wildman–Crippen MR) is 67.0 cm³/mol. The van der Waals surface area contributed by atoms with Crippen LogP contribution in [0, 0.1) is 6.92 Å². The molecule has 1 saturated heterocycles. The number of rotatable bonds is 0. The molecule has 3 heteroatoms. The van der Waals surface area contributed by atoms with Crippen molar-refractivity contribution >= 4 is 15.9 Å². The molecule has 0 radical (unpaired) electrons. The molecular formula is C12H18BrNO. The first-order valence-electron chi connectivity index (χ1n) is 5.02. The lowest BCUT2D eigenvalue weighted by Gasteiger charge is -2.41. The quantitative estimate of drug-likeness (QED) is 0.784. The first kappa shape index (κ1) is 12.7. The van der Waals surface area contributed by atoms with Crippen LogP contribution in [0.1, 0.15) is 12.5 Å². The molecule has 2 nitrogen and oxygen atoms in total. The number of aryl methyl sites for hydroxylation is 1. The number of likely N-dealkylation sites (N-methyl/N-ethyl adjacent to an activating group) is 1. The van der Waals surface area contributed by atoms with Gasteiger partial charge in [0, 0.05) is 17.6 Å². The molecule has 0 aliphatic carbocycles. The number of hydrogen-bond acceptors (Lipinski definition) is 2. The Morgan fingerprint density at radius 3 is 1.93 bits per heavy atom. The summed E-state index contributed by atoms with van der Waals surface area (Å²) in [6.07, 6.45) is 0. The van der Waals surface area contributed by atoms with Gasteiger partial charge in [-0.15, -0.1) is 0 Å². The lowest BCUT2D eigenvalue weighted by Crippen LogP contribution is -2.57. The third-order valence-electron chi connectivity index (χ3n) is 2.23. The summed E-state index contributed by atoms with van der Waals surface area (Å²) in [5, 5.41) is 9.04. The highest BCUT2D eigenvalue weighted by molar-refractivity contribution is 9.10. The third-order valence-corrected chi connectivity index (χ3v) is 2.76. The minimum Gasteiger partial charge on any atom is -0.388 e. The standard InChI is InChI=1S/C7H7Br.C5H11NO/c1-6-2-4-7(8)5-3-6;1-5(7)3-6(2)4-5/h2-5H,1H3;7H,3-4H2,1-2H3. The zero-order valence-electron chi connectivity index (χ0n) is 9.50. The van der Waals surface area contributed by atoms with Crippen molar-refractivity contribution in [1.82, 2.24) is 4.90 Å². The van der Waals surface area contributed by atoms with Crippen LogP contribution in [0.2, 0.25) is 0 Å². The molecule has 0 atom stereocenters. The molecule has 1 aliphatic heterocycles. The summed E-state index contributed by atoms with van der Waals surface area (Å²) < 4.78 is 1.14. The minimum atomic E-state index is -0.380. The van der Waals surface area contributed by atoms with Crippen LogP contribution in [0.5, 0.6) is 0 Å². The monoisotopic (exact) mass is 271 g/mol. The van der Waals surface area contributed by atoms with Gasteiger partial charge in [0.15, 0.2) is 0 Å². The van der Waals surface area contributed by atoms with E-state index in [0.717, 1.165) is 17.6 Å². The van der Waals surface area contributed by atoms with E-state index in [1.165, 1.54) is 5.56 Å². The fourth-order valence-electron chi connectivity index (χ4n) is 1.65. The second-order valence-electron chi connectivity index (χ2n) is 4.46. The van der Waals surface area contributed by atoms with Gasteiger partial charge in [-0.1, -0.05) is 33.6 Å². The Balaban J connectivity index is 0.000000151. The van der Waals surface area contributed by atoms with E-state index >= 15 is 0 Å². The second-order valence-corrected chi connectivity index (χ2v) is 5.38. The van der Waals surface area contributed by atoms with E-state index in [4.69, 9.17) is 5.11 Å². The highest BCUT2D eigenvalue weighted by atomic mass is 79.9. The fraction of sp³-hybridized carbons (Fsp3) is 0.500. The van der Waals surface area contributed by atoms with Gasteiger partial charge in [0.25, 0.3) is 0 Å². The van der Waals surface area contributed by atoms with E-state index in [2.05, 4.69) is 39.9 Å². The van der Waals surface area contributed by atoms with Crippen molar-refractivity contribution in [3.8, 4) is 0 Å². The maximum atomic E-state index is 9.04. The third kappa shape index (κ3) is 4.78. The minimum absolute atomic E-state index is 0.380. The number of benzene rings is 1. The number of nitrogens with zero attached hydrogens (tertiary/aromatic N) is 1. The first-order valence-corrected chi connectivity index (χ1v) is 5.81. The van der Waals surface area contributed by atoms with Crippen LogP contribution in [-0.4, -0.2) is 35.7 Å². The molecule has 0 amide bonds. The number of β-amino-alcohol motifs (C(OH)–C–C–N with tert-alkyl or cyclic N) is 1. The van der Waals surface area contributed by atoms with E-state index < -0.39 is 0 Å². The molecule has 1 heterocycles. The first-order chi connectivity index (χ1) is 6.89. The largest absolute Gasteiger partial charge is 0.388 e. The van der Waals surface area contributed by atoms with Gasteiger partial charge >= 0.3 is 0 Å². The Kier molecular flexibility index (Phi) is 4.32. The summed E-state index contributed by atoms with van der Waals surface area (Å²) in [5.41, 5.74) is 0.919. The summed E-state index contributed by atoms with van der Waals surface area (Å²) in [4.78, 5) is 2.08. The van der Waals surface area contributed by atoms with E-state index in [-0.39, 0.29) is 5.60 Å². The molecule has 0 aromatic heterocycles. The molecule has 2 rings (SSSR count). The van der Waals surface area contributed by atoms with Crippen LogP contribution in [0.4, 0.5) is 0 Å². The van der Waals surface area contributed by atoms with E-state index in [0.29, 0.717) is 0 Å². The lowest BCUT2D eigenvalue weighted by molar-refractivity contribution is -0.0705. The van der Waals surface area contributed by atoms with Gasteiger partial charge in [-0.25, -0.2) is 0 Å². The summed E-state index contributed by atoms with van der Waals surface area (Å²) in [5.74, 6) is 0. The van der Waals surface area contributed by atoms with Gasteiger partial charge in [-0.05, 0) is 33.0 Å². The molecule has 1 fully saturated rings. The highest BCUT2D eigenvalue weighted by Gasteiger charge is 2.33. The van der Waals surface area contributed by atoms with Crippen LogP contribution in [0.3, 0.4) is 0 Å². The zero-order chi connectivity index (χ0) is 11.5. The summed E-state index contributed by atoms with van der Waals surface area (Å²) in [6.45, 7) is 5.58. The van der Waals surface area contributed by atoms with Gasteiger partial charge in [0.1, 0.15) is 0 Å². The molecule has 1 N–H and O–H groups in total. The summed E-state index contributed by atoms with van der Waals surface area (Å²) >= 11 is 3.35. The van der Waals surface area contributed by atoms with Gasteiger partial charge < -0.3 is 10.0 Å². The van der Waals surface area contributed by atoms with Crippen LogP contribution < -0.4 is 0 Å². The Hall–Kier alpha value is -0.380. The molecule has 1 aromatic carbocycles. The van der Waals surface area contributed by atoms with Crippen molar-refractivity contribution in [2.24, 2.45) is 0 Å². The Labute approximate surface area is 100 Å². The van der Waals surface area contributed by atoms with Crippen LogP contribution in [0.25, 0.3) is 0 Å². The molecule has 0 spiro atoms. The Bertz CT molecular complexity index is 279. The van der Waals surface area contributed by atoms with Gasteiger partial charge in [0.05, 0.1) is 5.60 Å². The van der Waals surface area contributed by atoms with Gasteiger partial charge in [0.2, 0.25) is 0 Å². The Morgan fingerprint density at radius 1 is 1.27 bits per heavy atom. The van der Waals surface area contributed by atoms with Crippen molar-refractivity contribution < 1.29 is 5.11 Å². The van der Waals surface area contributed by atoms with Crippen LogP contribution in [0.15, 0.2) is 28.7 Å². The molecule has 15 heavy (non-hydrogen) atoms. The SMILES string of the molecule is CN1CC(C)(O)C1.Cc1ccc(Br)cc1. The average Bonchev–Trinajstić information content (AvgIpc) is 2.08. The average molecular weight is 272 g/mol. The maximum absolute atomic E-state index is 9.04. The maximum Gasteiger partial charge on any atom is 0.0872 e. The Morgan fingerprint density at radius 2 is 1.73 bits per heavy atom. The highest BCUT2D eigenvalue weighted by Crippen LogP contribution is 2.16. The summed E-state index contributed by atoms with van der Waals surface area (Å²) in [7, 11) is 2.00. The molecular weight excluding hydrogens is 254 g/mol. The van der Waals surface area contributed by atoms with Gasteiger partial charge in [-0.2, -0.15) is 0 Å². The van der Waals surface area contributed by atoms with Crippen molar-refractivity contribution in [3.63, 3.8) is 0 Å². The zero-order valence-corrected chi connectivity index (χ0v) is 11.1. The summed E-state index contributed by atoms with van der Waals surface area (Å²) in [6, 6.07) is 8.22. The molecule has 0 bridgehead atoms. The topological polar surface area (TPSA) is 23.5 Å². The van der Waals surface area contributed by atoms with Crippen molar-refractivity contribution in [2.75, 3.05) is 20.1 Å². The number of halogens is 1.